The fourth-order valence-electron chi connectivity index (χ4n) is 10.3. The maximum atomic E-state index is 14.8. The lowest BCUT2D eigenvalue weighted by molar-refractivity contribution is -0.189. The molecule has 3 saturated heterocycles. The Hall–Kier alpha value is -5.94. The van der Waals surface area contributed by atoms with E-state index in [9.17, 15) is 29.1 Å². The highest BCUT2D eigenvalue weighted by Crippen LogP contribution is 2.42. The molecule has 1 spiro atoms. The van der Waals surface area contributed by atoms with Gasteiger partial charge >= 0.3 is 5.97 Å². The zero-order valence-corrected chi connectivity index (χ0v) is 39.6. The zero-order chi connectivity index (χ0) is 48.0. The van der Waals surface area contributed by atoms with Crippen LogP contribution < -0.4 is 10.7 Å². The van der Waals surface area contributed by atoms with Gasteiger partial charge in [0.15, 0.2) is 5.60 Å². The molecular weight excluding hydrogens is 855 g/mol. The number of aliphatic hydroxyl groups is 1. The van der Waals surface area contributed by atoms with Crippen molar-refractivity contribution >= 4 is 40.5 Å². The number of cyclic esters (lactones) is 1. The summed E-state index contributed by atoms with van der Waals surface area (Å²) < 4.78 is 20.2. The Morgan fingerprint density at radius 1 is 1.06 bits per heavy atom. The van der Waals surface area contributed by atoms with Crippen molar-refractivity contribution in [3.63, 3.8) is 0 Å². The minimum absolute atomic E-state index is 0.0163. The Kier molecular flexibility index (Phi) is 13.2. The number of nitrogens with zero attached hydrogens (tertiary/aromatic N) is 5. The van der Waals surface area contributed by atoms with E-state index in [1.165, 1.54) is 20.9 Å². The summed E-state index contributed by atoms with van der Waals surface area (Å²) in [4.78, 5) is 77.7. The van der Waals surface area contributed by atoms with Gasteiger partial charge in [-0.1, -0.05) is 64.6 Å². The second kappa shape index (κ2) is 18.6. The van der Waals surface area contributed by atoms with Crippen LogP contribution in [0.3, 0.4) is 0 Å². The van der Waals surface area contributed by atoms with Crippen molar-refractivity contribution in [2.75, 3.05) is 40.1 Å². The van der Waals surface area contributed by atoms with Crippen molar-refractivity contribution in [2.24, 2.45) is 11.3 Å². The maximum Gasteiger partial charge on any atom is 0.355 e. The van der Waals surface area contributed by atoms with Crippen molar-refractivity contribution in [3.8, 4) is 22.4 Å². The topological polar surface area (TPSA) is 185 Å². The standard InChI is InChI=1S/C51H63N7O9/c1-9-41(59)55-23-20-50(28-55)47(62)57(30-67-50)43(31(3)4)45(60)53-39-25-33-14-11-15-34(24-33)35-17-18-40-37(26-35)38(44(56(40)10-2)36-16-12-21-52-42(36)32(5)65-8)27-49(6,7)29-66-48(63)51(64)19-13-22-58(54-51)46(39)61/h9,11-12,14-18,21,24,26,31-32,39,43,54,64H,1,10,13,19-20,22-23,25,27-30H2,2-8H3,(H,53,60)/t32-,39-,43-,50+,51-/m0/s1. The van der Waals surface area contributed by atoms with E-state index in [1.54, 1.807) is 13.3 Å². The van der Waals surface area contributed by atoms with E-state index in [0.29, 0.717) is 19.5 Å². The summed E-state index contributed by atoms with van der Waals surface area (Å²) in [5.74, 6) is -3.19. The lowest BCUT2D eigenvalue weighted by Gasteiger charge is -2.40. The number of benzene rings is 2. The molecular formula is C51H63N7O9. The SMILES string of the molecule is C=CC(=O)N1CC[C@]2(C1)OCN([C@H](C(=O)N[C@H]1Cc3cccc(c3)-c3ccc4c(c3)c(c(-c3cccnc3[C@H](C)OC)n4CC)CC(C)(C)COC(=O)[C@@]3(O)CCCN(N3)C1=O)C(C)C)C2=O. The van der Waals surface area contributed by atoms with Gasteiger partial charge in [-0.05, 0) is 85.2 Å². The number of pyridine rings is 1. The Morgan fingerprint density at radius 2 is 1.84 bits per heavy atom. The van der Waals surface area contributed by atoms with E-state index < -0.39 is 58.4 Å². The molecule has 2 aromatic heterocycles. The van der Waals surface area contributed by atoms with Gasteiger partial charge in [-0.25, -0.2) is 4.79 Å². The van der Waals surface area contributed by atoms with Crippen molar-refractivity contribution in [2.45, 2.75) is 110 Å². The Labute approximate surface area is 391 Å². The van der Waals surface area contributed by atoms with Crippen molar-refractivity contribution in [1.29, 1.82) is 0 Å². The number of carbonyl (C=O) groups excluding carboxylic acids is 5. The molecule has 8 rings (SSSR count). The van der Waals surface area contributed by atoms with Crippen LogP contribution in [-0.2, 0) is 57.6 Å². The number of rotatable bonds is 9. The number of hydrogen-bond acceptors (Lipinski definition) is 11. The van der Waals surface area contributed by atoms with Gasteiger partial charge in [0.05, 0.1) is 30.6 Å². The monoisotopic (exact) mass is 917 g/mol. The number of hydrazine groups is 1. The third kappa shape index (κ3) is 8.99. The highest BCUT2D eigenvalue weighted by atomic mass is 16.6. The predicted molar refractivity (Wildman–Crippen MR) is 250 cm³/mol. The molecule has 4 aliphatic heterocycles. The van der Waals surface area contributed by atoms with Crippen LogP contribution in [0.25, 0.3) is 33.3 Å². The van der Waals surface area contributed by atoms with Crippen LogP contribution >= 0.6 is 0 Å². The fourth-order valence-corrected chi connectivity index (χ4v) is 10.3. The highest BCUT2D eigenvalue weighted by Gasteiger charge is 2.56. The molecule has 0 aliphatic carbocycles. The number of ether oxygens (including phenoxy) is 3. The average molecular weight is 918 g/mol. The molecule has 356 valence electrons. The van der Waals surface area contributed by atoms with Crippen LogP contribution in [0.5, 0.6) is 0 Å². The largest absolute Gasteiger partial charge is 0.462 e. The van der Waals surface area contributed by atoms with Crippen LogP contribution in [0.2, 0.25) is 0 Å². The van der Waals surface area contributed by atoms with Crippen molar-refractivity contribution < 1.29 is 43.3 Å². The van der Waals surface area contributed by atoms with Crippen LogP contribution in [0.4, 0.5) is 0 Å². The molecule has 4 aromatic rings. The molecule has 3 N–H and O–H groups in total. The van der Waals surface area contributed by atoms with Gasteiger partial charge in [0, 0.05) is 74.1 Å². The lowest BCUT2D eigenvalue weighted by atomic mass is 9.84. The third-order valence-corrected chi connectivity index (χ3v) is 13.8. The van der Waals surface area contributed by atoms with Crippen LogP contribution in [0, 0.1) is 11.3 Å². The number of nitrogens with one attached hydrogen (secondary N) is 2. The smallest absolute Gasteiger partial charge is 0.355 e. The van der Waals surface area contributed by atoms with E-state index in [1.807, 2.05) is 65.0 Å². The number of esters is 1. The van der Waals surface area contributed by atoms with E-state index in [-0.39, 0.29) is 64.1 Å². The minimum Gasteiger partial charge on any atom is -0.462 e. The van der Waals surface area contributed by atoms with E-state index in [2.05, 4.69) is 53.1 Å². The number of aromatic nitrogens is 2. The van der Waals surface area contributed by atoms with Gasteiger partial charge in [0.25, 0.3) is 11.8 Å². The van der Waals surface area contributed by atoms with Crippen molar-refractivity contribution in [3.05, 3.63) is 90.3 Å². The Morgan fingerprint density at radius 3 is 2.57 bits per heavy atom. The predicted octanol–water partition coefficient (Wildman–Crippen LogP) is 5.06. The van der Waals surface area contributed by atoms with Gasteiger partial charge in [-0.15, -0.1) is 0 Å². The number of methoxy groups -OCH3 is 1. The first-order valence-corrected chi connectivity index (χ1v) is 23.3. The molecule has 4 aliphatic rings. The van der Waals surface area contributed by atoms with E-state index in [4.69, 9.17) is 19.2 Å². The normalized spacial score (nSPS) is 24.2. The van der Waals surface area contributed by atoms with E-state index >= 15 is 0 Å². The van der Waals surface area contributed by atoms with Gasteiger partial charge < -0.3 is 39.0 Å². The zero-order valence-electron chi connectivity index (χ0n) is 39.6. The number of fused-ring (bicyclic) bond motifs is 6. The molecule has 0 saturated carbocycles. The van der Waals surface area contributed by atoms with Crippen LogP contribution in [-0.4, -0.2) is 123 Å². The van der Waals surface area contributed by atoms with E-state index in [0.717, 1.165) is 50.1 Å². The molecule has 6 bridgehead atoms. The van der Waals surface area contributed by atoms with Crippen LogP contribution in [0.1, 0.15) is 83.7 Å². The molecule has 2 aromatic carbocycles. The first-order valence-electron chi connectivity index (χ1n) is 23.3. The van der Waals surface area contributed by atoms with Crippen LogP contribution in [0.15, 0.2) is 73.4 Å². The van der Waals surface area contributed by atoms with Gasteiger partial charge in [0.2, 0.25) is 17.5 Å². The molecule has 16 heteroatoms. The summed E-state index contributed by atoms with van der Waals surface area (Å²) in [5, 5.41) is 17.1. The second-order valence-electron chi connectivity index (χ2n) is 19.5. The summed E-state index contributed by atoms with van der Waals surface area (Å²) >= 11 is 0. The second-order valence-corrected chi connectivity index (χ2v) is 19.5. The number of carbonyl (C=O) groups is 5. The molecule has 5 atom stereocenters. The number of likely N-dealkylation sites (tertiary alicyclic amines) is 1. The number of aryl methyl sites for hydroxylation is 1. The molecule has 67 heavy (non-hydrogen) atoms. The maximum absolute atomic E-state index is 14.8. The summed E-state index contributed by atoms with van der Waals surface area (Å²) in [6.45, 7) is 16.3. The minimum atomic E-state index is -2.24. The summed E-state index contributed by atoms with van der Waals surface area (Å²) in [7, 11) is 1.67. The molecule has 3 fully saturated rings. The number of amides is 4. The van der Waals surface area contributed by atoms with Gasteiger partial charge in [-0.3, -0.25) is 29.2 Å². The average Bonchev–Trinajstić information content (AvgIpc) is 3.99. The fraction of sp³-hybridized carbons (Fsp3) is 0.490. The first kappa shape index (κ1) is 47.5. The highest BCUT2D eigenvalue weighted by molar-refractivity contribution is 5.97. The molecule has 16 nitrogen and oxygen atoms in total. The Bertz CT molecular complexity index is 2610. The lowest BCUT2D eigenvalue weighted by Crippen LogP contribution is -2.67. The third-order valence-electron chi connectivity index (χ3n) is 13.8. The molecule has 0 unspecified atom stereocenters. The molecule has 4 amide bonds. The number of hydrogen-bond donors (Lipinski definition) is 3. The Balaban J connectivity index is 1.20. The van der Waals surface area contributed by atoms with Gasteiger partial charge in [0.1, 0.15) is 18.8 Å². The van der Waals surface area contributed by atoms with Crippen molar-refractivity contribution in [1.82, 2.24) is 35.1 Å². The summed E-state index contributed by atoms with van der Waals surface area (Å²) in [6, 6.07) is 16.0. The quantitative estimate of drug-likeness (QED) is 0.151. The molecule has 0 radical (unpaired) electrons. The summed E-state index contributed by atoms with van der Waals surface area (Å²) in [5.41, 5.74) is 6.00. The first-order chi connectivity index (χ1) is 31.9. The molecule has 6 heterocycles. The van der Waals surface area contributed by atoms with Gasteiger partial charge in [-0.2, -0.15) is 5.43 Å². The summed E-state index contributed by atoms with van der Waals surface area (Å²) in [6.07, 6.45) is 3.73.